The van der Waals surface area contributed by atoms with Crippen molar-refractivity contribution in [1.29, 1.82) is 0 Å². The third kappa shape index (κ3) is 4.23. The first-order valence-corrected chi connectivity index (χ1v) is 8.49. The molecule has 0 fully saturated rings. The van der Waals surface area contributed by atoms with Crippen molar-refractivity contribution in [3.05, 3.63) is 64.6 Å². The van der Waals surface area contributed by atoms with Crippen molar-refractivity contribution in [3.8, 4) is 17.2 Å². The molecule has 0 saturated carbocycles. The van der Waals surface area contributed by atoms with Crippen LogP contribution in [-0.2, 0) is 9.53 Å². The van der Waals surface area contributed by atoms with Crippen LogP contribution in [0.2, 0.25) is 0 Å². The van der Waals surface area contributed by atoms with E-state index in [4.69, 9.17) is 14.2 Å². The lowest BCUT2D eigenvalue weighted by Gasteiger charge is -2.23. The number of hydrogen-bond donors (Lipinski definition) is 0. The maximum atomic E-state index is 14.1. The molecule has 0 radical (unpaired) electrons. The van der Waals surface area contributed by atoms with Gasteiger partial charge in [0.1, 0.15) is 11.5 Å². The van der Waals surface area contributed by atoms with Crippen LogP contribution in [0, 0.1) is 15.9 Å². The molecule has 9 heteroatoms. The van der Waals surface area contributed by atoms with Gasteiger partial charge in [-0.3, -0.25) is 15.1 Å². The number of fused-ring (bicyclic) bond motifs is 1. The fourth-order valence-electron chi connectivity index (χ4n) is 2.64. The Bertz CT molecular complexity index is 1100. The van der Waals surface area contributed by atoms with Crippen LogP contribution >= 0.6 is 0 Å². The number of carbonyl (C=O) groups excluding carboxylic acids is 1. The standard InChI is InChI=1S/C20H17FN2O6/c1-20(2,19(24)27-3)29-13-5-6-14-16(11-13)22-9-8-17(14)28-18-7-4-12(23(25)26)10-15(18)21/h4-11H,1-3H3. The lowest BCUT2D eigenvalue weighted by atomic mass is 10.1. The summed E-state index contributed by atoms with van der Waals surface area (Å²) in [7, 11) is 1.27. The summed E-state index contributed by atoms with van der Waals surface area (Å²) in [6.07, 6.45) is 1.47. The van der Waals surface area contributed by atoms with Crippen molar-refractivity contribution in [1.82, 2.24) is 4.98 Å². The number of esters is 1. The fourth-order valence-corrected chi connectivity index (χ4v) is 2.64. The van der Waals surface area contributed by atoms with Crippen molar-refractivity contribution in [2.45, 2.75) is 19.4 Å². The largest absolute Gasteiger partial charge is 0.476 e. The van der Waals surface area contributed by atoms with Gasteiger partial charge in [-0.05, 0) is 38.1 Å². The second-order valence-corrected chi connectivity index (χ2v) is 6.57. The Morgan fingerprint density at radius 2 is 1.90 bits per heavy atom. The third-order valence-corrected chi connectivity index (χ3v) is 4.07. The predicted molar refractivity (Wildman–Crippen MR) is 102 cm³/mol. The van der Waals surface area contributed by atoms with Crippen molar-refractivity contribution in [2.24, 2.45) is 0 Å². The van der Waals surface area contributed by atoms with Crippen molar-refractivity contribution in [2.75, 3.05) is 7.11 Å². The highest BCUT2D eigenvalue weighted by molar-refractivity contribution is 5.86. The normalized spacial score (nSPS) is 11.2. The third-order valence-electron chi connectivity index (χ3n) is 4.07. The SMILES string of the molecule is COC(=O)C(C)(C)Oc1ccc2c(Oc3ccc([N+](=O)[O-])cc3F)ccnc2c1. The van der Waals surface area contributed by atoms with E-state index >= 15 is 0 Å². The molecular weight excluding hydrogens is 383 g/mol. The van der Waals surface area contributed by atoms with E-state index in [9.17, 15) is 19.3 Å². The maximum absolute atomic E-state index is 14.1. The van der Waals surface area contributed by atoms with Crippen LogP contribution in [0.3, 0.4) is 0 Å². The average Bonchev–Trinajstić information content (AvgIpc) is 2.68. The number of benzene rings is 2. The van der Waals surface area contributed by atoms with Crippen molar-refractivity contribution < 1.29 is 28.3 Å². The first kappa shape index (κ1) is 20.0. The van der Waals surface area contributed by atoms with Gasteiger partial charge in [-0.2, -0.15) is 0 Å². The van der Waals surface area contributed by atoms with E-state index in [0.717, 1.165) is 12.1 Å². The fraction of sp³-hybridized carbons (Fsp3) is 0.200. The molecule has 8 nitrogen and oxygen atoms in total. The number of ether oxygens (including phenoxy) is 3. The Morgan fingerprint density at radius 3 is 2.55 bits per heavy atom. The molecule has 3 rings (SSSR count). The highest BCUT2D eigenvalue weighted by Gasteiger charge is 2.31. The molecule has 2 aromatic carbocycles. The number of halogens is 1. The number of nitro benzene ring substituents is 1. The summed E-state index contributed by atoms with van der Waals surface area (Å²) < 4.78 is 30.2. The average molecular weight is 400 g/mol. The van der Waals surface area contributed by atoms with E-state index in [2.05, 4.69) is 4.98 Å². The van der Waals surface area contributed by atoms with Gasteiger partial charge >= 0.3 is 5.97 Å². The number of pyridine rings is 1. The smallest absolute Gasteiger partial charge is 0.349 e. The predicted octanol–water partition coefficient (Wildman–Crippen LogP) is 4.40. The topological polar surface area (TPSA) is 101 Å². The van der Waals surface area contributed by atoms with Crippen molar-refractivity contribution >= 4 is 22.6 Å². The Balaban J connectivity index is 1.91. The number of non-ortho nitro benzene ring substituents is 1. The van der Waals surface area contributed by atoms with E-state index in [0.29, 0.717) is 22.4 Å². The first-order chi connectivity index (χ1) is 13.7. The molecule has 0 spiro atoms. The minimum Gasteiger partial charge on any atom is -0.476 e. The van der Waals surface area contributed by atoms with E-state index in [-0.39, 0.29) is 11.4 Å². The van der Waals surface area contributed by atoms with Gasteiger partial charge in [0.25, 0.3) is 5.69 Å². The first-order valence-electron chi connectivity index (χ1n) is 8.49. The molecule has 0 aliphatic rings. The van der Waals surface area contributed by atoms with Crippen LogP contribution in [0.15, 0.2) is 48.7 Å². The number of aromatic nitrogens is 1. The number of rotatable bonds is 6. The monoisotopic (exact) mass is 400 g/mol. The zero-order valence-corrected chi connectivity index (χ0v) is 15.8. The Labute approximate surface area is 165 Å². The minimum atomic E-state index is -1.20. The van der Waals surface area contributed by atoms with Gasteiger partial charge in [-0.1, -0.05) is 0 Å². The summed E-state index contributed by atoms with van der Waals surface area (Å²) in [4.78, 5) is 26.1. The van der Waals surface area contributed by atoms with Crippen LogP contribution < -0.4 is 9.47 Å². The van der Waals surface area contributed by atoms with Crippen LogP contribution in [0.4, 0.5) is 10.1 Å². The second kappa shape index (κ2) is 7.70. The number of carbonyl (C=O) groups is 1. The lowest BCUT2D eigenvalue weighted by Crippen LogP contribution is -2.39. The maximum Gasteiger partial charge on any atom is 0.349 e. The molecule has 0 saturated heterocycles. The molecule has 150 valence electrons. The van der Waals surface area contributed by atoms with Gasteiger partial charge in [0.05, 0.1) is 23.6 Å². The molecule has 0 aliphatic carbocycles. The molecule has 0 atom stereocenters. The van der Waals surface area contributed by atoms with Crippen LogP contribution in [0.1, 0.15) is 13.8 Å². The summed E-state index contributed by atoms with van der Waals surface area (Å²) in [6.45, 7) is 3.15. The Morgan fingerprint density at radius 1 is 1.14 bits per heavy atom. The number of nitro groups is 1. The summed E-state index contributed by atoms with van der Waals surface area (Å²) in [5, 5.41) is 11.3. The molecule has 29 heavy (non-hydrogen) atoms. The lowest BCUT2D eigenvalue weighted by molar-refractivity contribution is -0.385. The van der Waals surface area contributed by atoms with Crippen LogP contribution in [0.5, 0.6) is 17.2 Å². The zero-order chi connectivity index (χ0) is 21.2. The molecule has 0 amide bonds. The highest BCUT2D eigenvalue weighted by atomic mass is 19.1. The van der Waals surface area contributed by atoms with Gasteiger partial charge in [-0.15, -0.1) is 0 Å². The summed E-state index contributed by atoms with van der Waals surface area (Å²) >= 11 is 0. The molecule has 0 unspecified atom stereocenters. The second-order valence-electron chi connectivity index (χ2n) is 6.57. The molecule has 1 heterocycles. The molecular formula is C20H17FN2O6. The molecule has 0 aliphatic heterocycles. The van der Waals surface area contributed by atoms with Gasteiger partial charge in [0.15, 0.2) is 17.2 Å². The molecule has 0 bridgehead atoms. The quantitative estimate of drug-likeness (QED) is 0.343. The zero-order valence-electron chi connectivity index (χ0n) is 15.8. The summed E-state index contributed by atoms with van der Waals surface area (Å²) in [5.74, 6) is -0.851. The van der Waals surface area contributed by atoms with Crippen LogP contribution in [-0.4, -0.2) is 28.6 Å². The van der Waals surface area contributed by atoms with Gasteiger partial charge in [0, 0.05) is 23.7 Å². The van der Waals surface area contributed by atoms with Gasteiger partial charge in [0.2, 0.25) is 0 Å². The van der Waals surface area contributed by atoms with Gasteiger partial charge < -0.3 is 14.2 Å². The highest BCUT2D eigenvalue weighted by Crippen LogP contribution is 2.33. The molecule has 0 N–H and O–H groups in total. The van der Waals surface area contributed by atoms with Crippen molar-refractivity contribution in [3.63, 3.8) is 0 Å². The van der Waals surface area contributed by atoms with E-state index in [1.807, 2.05) is 0 Å². The van der Waals surface area contributed by atoms with Crippen LogP contribution in [0.25, 0.3) is 10.9 Å². The van der Waals surface area contributed by atoms with E-state index in [1.54, 1.807) is 38.1 Å². The molecule has 1 aromatic heterocycles. The van der Waals surface area contributed by atoms with E-state index in [1.165, 1.54) is 19.4 Å². The number of hydrogen-bond acceptors (Lipinski definition) is 7. The summed E-state index contributed by atoms with van der Waals surface area (Å²) in [6, 6.07) is 9.57. The minimum absolute atomic E-state index is 0.157. The van der Waals surface area contributed by atoms with Gasteiger partial charge in [-0.25, -0.2) is 9.18 Å². The Hall–Kier alpha value is -3.75. The summed E-state index contributed by atoms with van der Waals surface area (Å²) in [5.41, 5.74) is -1.08. The number of methoxy groups -OCH3 is 1. The van der Waals surface area contributed by atoms with E-state index < -0.39 is 22.3 Å². The molecule has 3 aromatic rings. The Kier molecular flexibility index (Phi) is 5.31. The number of nitrogens with zero attached hydrogens (tertiary/aromatic N) is 2.